The van der Waals surface area contributed by atoms with Crippen LogP contribution in [0.25, 0.3) is 11.0 Å². The number of carbonyl (C=O) groups is 1. The van der Waals surface area contributed by atoms with Crippen LogP contribution in [0.15, 0.2) is 23.1 Å². The average molecular weight is 380 g/mol. The van der Waals surface area contributed by atoms with E-state index < -0.39 is 16.0 Å². The van der Waals surface area contributed by atoms with E-state index in [0.29, 0.717) is 44.2 Å². The Kier molecular flexibility index (Phi) is 5.59. The maximum atomic E-state index is 12.8. The van der Waals surface area contributed by atoms with Gasteiger partial charge in [-0.1, -0.05) is 13.3 Å². The van der Waals surface area contributed by atoms with Crippen molar-refractivity contribution < 1.29 is 23.1 Å². The Morgan fingerprint density at radius 1 is 1.31 bits per heavy atom. The molecule has 1 fully saturated rings. The molecule has 1 aromatic heterocycles. The van der Waals surface area contributed by atoms with Gasteiger partial charge in [0.15, 0.2) is 0 Å². The second-order valence-corrected chi connectivity index (χ2v) is 8.19. The Bertz CT molecular complexity index is 901. The van der Waals surface area contributed by atoms with Crippen molar-refractivity contribution in [2.24, 2.45) is 0 Å². The van der Waals surface area contributed by atoms with E-state index in [1.165, 1.54) is 10.4 Å². The van der Waals surface area contributed by atoms with Crippen LogP contribution in [0.4, 0.5) is 0 Å². The molecule has 9 heteroatoms. The fourth-order valence-corrected chi connectivity index (χ4v) is 4.51. The summed E-state index contributed by atoms with van der Waals surface area (Å²) in [5.74, 6) is -0.825. The van der Waals surface area contributed by atoms with Crippen molar-refractivity contribution in [1.82, 2.24) is 13.9 Å². The van der Waals surface area contributed by atoms with Crippen LogP contribution in [0.1, 0.15) is 25.6 Å². The molecule has 3 rings (SSSR count). The van der Waals surface area contributed by atoms with E-state index >= 15 is 0 Å². The zero-order valence-electron chi connectivity index (χ0n) is 14.7. The Balaban J connectivity index is 2.01. The topological polar surface area (TPSA) is 105 Å². The fraction of sp³-hybridized carbons (Fsp3) is 0.529. The second kappa shape index (κ2) is 7.73. The quantitative estimate of drug-likeness (QED) is 0.677. The summed E-state index contributed by atoms with van der Waals surface area (Å²) in [6, 6.07) is 4.77. The summed E-state index contributed by atoms with van der Waals surface area (Å²) in [5.41, 5.74) is 1.21. The minimum atomic E-state index is -3.62. The van der Waals surface area contributed by atoms with E-state index in [0.717, 1.165) is 18.4 Å². The number of aliphatic carboxylic acids is 1. The molecule has 1 aliphatic heterocycles. The van der Waals surface area contributed by atoms with Crippen LogP contribution in [0.2, 0.25) is 0 Å². The lowest BCUT2D eigenvalue weighted by Gasteiger charge is -2.26. The molecule has 0 radical (unpaired) electrons. The highest BCUT2D eigenvalue weighted by Gasteiger charge is 2.27. The zero-order chi connectivity index (χ0) is 18.7. The van der Waals surface area contributed by atoms with Gasteiger partial charge in [-0.3, -0.25) is 0 Å². The maximum absolute atomic E-state index is 12.8. The third-order valence-electron chi connectivity index (χ3n) is 4.44. The van der Waals surface area contributed by atoms with E-state index in [2.05, 4.69) is 4.98 Å². The first-order chi connectivity index (χ1) is 12.4. The van der Waals surface area contributed by atoms with Crippen molar-refractivity contribution in [3.63, 3.8) is 0 Å². The van der Waals surface area contributed by atoms with Gasteiger partial charge >= 0.3 is 0 Å². The number of hydrogen-bond donors (Lipinski definition) is 0. The number of nitrogens with zero attached hydrogens (tertiary/aromatic N) is 3. The normalized spacial score (nSPS) is 16.2. The number of hydrogen-bond acceptors (Lipinski definition) is 6. The number of carbonyl (C=O) groups excluding carboxylic acids is 1. The maximum Gasteiger partial charge on any atom is 0.243 e. The molecule has 0 spiro atoms. The fourth-order valence-electron chi connectivity index (χ4n) is 3.09. The number of unbranched alkanes of at least 4 members (excludes halogenated alkanes) is 1. The molecule has 2 heterocycles. The molecule has 26 heavy (non-hydrogen) atoms. The van der Waals surface area contributed by atoms with Crippen molar-refractivity contribution in [2.75, 3.05) is 26.3 Å². The first-order valence-corrected chi connectivity index (χ1v) is 10.1. The lowest BCUT2D eigenvalue weighted by Crippen LogP contribution is -2.40. The number of fused-ring (bicyclic) bond motifs is 1. The predicted octanol–water partition coefficient (Wildman–Crippen LogP) is 0.150. The monoisotopic (exact) mass is 380 g/mol. The average Bonchev–Trinajstić information content (AvgIpc) is 2.96. The molecule has 142 valence electrons. The van der Waals surface area contributed by atoms with Gasteiger partial charge in [0.05, 0.1) is 29.1 Å². The van der Waals surface area contributed by atoms with Crippen molar-refractivity contribution in [2.45, 2.75) is 37.6 Å². The summed E-state index contributed by atoms with van der Waals surface area (Å²) in [5, 5.41) is 11.0. The van der Waals surface area contributed by atoms with Gasteiger partial charge in [-0.15, -0.1) is 0 Å². The number of carboxylic acid groups (broad SMARTS) is 1. The third-order valence-corrected chi connectivity index (χ3v) is 6.34. The standard InChI is InChI=1S/C17H23N3O5S/c1-2-3-6-20-15-5-4-13(11-14(15)18-16(20)12-17(21)22)26(23,24)19-7-9-25-10-8-19/h4-5,11H,2-3,6-10,12H2,1H3,(H,21,22)/p-1. The van der Waals surface area contributed by atoms with Crippen molar-refractivity contribution in [3.05, 3.63) is 24.0 Å². The van der Waals surface area contributed by atoms with Crippen LogP contribution in [-0.4, -0.2) is 54.5 Å². The molecule has 0 N–H and O–H groups in total. The molecular formula is C17H22N3O5S-. The van der Waals surface area contributed by atoms with Crippen LogP contribution in [0.5, 0.6) is 0 Å². The number of aryl methyl sites for hydroxylation is 1. The largest absolute Gasteiger partial charge is 0.550 e. The minimum absolute atomic E-state index is 0.159. The Morgan fingerprint density at radius 3 is 2.69 bits per heavy atom. The highest BCUT2D eigenvalue weighted by atomic mass is 32.2. The van der Waals surface area contributed by atoms with Crippen LogP contribution in [0.3, 0.4) is 0 Å². The molecule has 2 aromatic rings. The summed E-state index contributed by atoms with van der Waals surface area (Å²) < 4.78 is 34.0. The van der Waals surface area contributed by atoms with E-state index in [1.807, 2.05) is 11.5 Å². The molecule has 0 saturated carbocycles. The summed E-state index contributed by atoms with van der Waals surface area (Å²) in [4.78, 5) is 15.5. The molecule has 0 bridgehead atoms. The molecule has 0 amide bonds. The van der Waals surface area contributed by atoms with Crippen molar-refractivity contribution >= 4 is 27.0 Å². The van der Waals surface area contributed by atoms with Gasteiger partial charge in [0, 0.05) is 32.0 Å². The molecule has 0 unspecified atom stereocenters. The van der Waals surface area contributed by atoms with Gasteiger partial charge < -0.3 is 19.2 Å². The number of imidazole rings is 1. The number of ether oxygens (including phenoxy) is 1. The van der Waals surface area contributed by atoms with Gasteiger partial charge in [0.1, 0.15) is 5.82 Å². The lowest BCUT2D eigenvalue weighted by atomic mass is 10.3. The smallest absolute Gasteiger partial charge is 0.243 e. The van der Waals surface area contributed by atoms with E-state index in [1.54, 1.807) is 12.1 Å². The molecule has 1 saturated heterocycles. The highest BCUT2D eigenvalue weighted by molar-refractivity contribution is 7.89. The van der Waals surface area contributed by atoms with Gasteiger partial charge in [-0.05, 0) is 24.6 Å². The van der Waals surface area contributed by atoms with E-state index in [-0.39, 0.29) is 11.3 Å². The zero-order valence-corrected chi connectivity index (χ0v) is 15.5. The van der Waals surface area contributed by atoms with Crippen molar-refractivity contribution in [1.29, 1.82) is 0 Å². The van der Waals surface area contributed by atoms with Gasteiger partial charge in [0.2, 0.25) is 10.0 Å². The Morgan fingerprint density at radius 2 is 2.04 bits per heavy atom. The second-order valence-electron chi connectivity index (χ2n) is 6.25. The molecule has 8 nitrogen and oxygen atoms in total. The Labute approximate surface area is 152 Å². The third kappa shape index (κ3) is 3.74. The summed E-state index contributed by atoms with van der Waals surface area (Å²) in [7, 11) is -3.62. The molecule has 1 aliphatic rings. The highest BCUT2D eigenvalue weighted by Crippen LogP contribution is 2.24. The van der Waals surface area contributed by atoms with Gasteiger partial charge in [-0.2, -0.15) is 4.31 Å². The first kappa shape index (κ1) is 18.8. The summed E-state index contributed by atoms with van der Waals surface area (Å²) in [6.45, 7) is 4.07. The molecule has 0 atom stereocenters. The van der Waals surface area contributed by atoms with E-state index in [4.69, 9.17) is 4.74 Å². The number of morpholine rings is 1. The number of aromatic nitrogens is 2. The van der Waals surface area contributed by atoms with Gasteiger partial charge in [0.25, 0.3) is 0 Å². The van der Waals surface area contributed by atoms with Crippen LogP contribution < -0.4 is 5.11 Å². The molecule has 1 aromatic carbocycles. The minimum Gasteiger partial charge on any atom is -0.550 e. The SMILES string of the molecule is CCCCn1c(CC(=O)[O-])nc2cc(S(=O)(=O)N3CCOCC3)ccc21. The van der Waals surface area contributed by atoms with E-state index in [9.17, 15) is 18.3 Å². The Hall–Kier alpha value is -1.97. The summed E-state index contributed by atoms with van der Waals surface area (Å²) in [6.07, 6.45) is 1.53. The van der Waals surface area contributed by atoms with Crippen LogP contribution in [-0.2, 0) is 32.5 Å². The molecule has 0 aliphatic carbocycles. The van der Waals surface area contributed by atoms with Crippen LogP contribution in [0, 0.1) is 0 Å². The number of sulfonamides is 1. The molecular weight excluding hydrogens is 358 g/mol. The van der Waals surface area contributed by atoms with Gasteiger partial charge in [-0.25, -0.2) is 13.4 Å². The van der Waals surface area contributed by atoms with Crippen LogP contribution >= 0.6 is 0 Å². The van der Waals surface area contributed by atoms with Crippen molar-refractivity contribution in [3.8, 4) is 0 Å². The number of carboxylic acids is 1. The number of benzene rings is 1. The lowest BCUT2D eigenvalue weighted by molar-refractivity contribution is -0.304. The number of rotatable bonds is 7. The summed E-state index contributed by atoms with van der Waals surface area (Å²) >= 11 is 0. The first-order valence-electron chi connectivity index (χ1n) is 8.70. The predicted molar refractivity (Wildman–Crippen MR) is 92.9 cm³/mol.